The normalized spacial score (nSPS) is 11.4. The zero-order valence-electron chi connectivity index (χ0n) is 13.5. The van der Waals surface area contributed by atoms with Crippen LogP contribution in [0.5, 0.6) is 0 Å². The van der Waals surface area contributed by atoms with Gasteiger partial charge in [0.2, 0.25) is 0 Å². The first kappa shape index (κ1) is 17.3. The van der Waals surface area contributed by atoms with E-state index in [1.807, 2.05) is 0 Å². The van der Waals surface area contributed by atoms with E-state index in [1.165, 1.54) is 6.07 Å². The van der Waals surface area contributed by atoms with Crippen molar-refractivity contribution in [1.82, 2.24) is 0 Å². The van der Waals surface area contributed by atoms with Crippen LogP contribution in [0.15, 0.2) is 58.1 Å². The van der Waals surface area contributed by atoms with Crippen molar-refractivity contribution < 1.29 is 27.6 Å². The highest BCUT2D eigenvalue weighted by Crippen LogP contribution is 2.17. The Balaban J connectivity index is 2.06. The Morgan fingerprint density at radius 2 is 1.88 bits per heavy atom. The maximum Gasteiger partial charge on any atom is 0.332 e. The van der Waals surface area contributed by atoms with Crippen molar-refractivity contribution in [2.45, 2.75) is 6.92 Å². The SMILES string of the molecule is CC(=O)ON=c1oc2ccccc2cc1C(=O)Nc1ccc(F)cc1F. The number of benzene rings is 2. The number of carbonyl (C=O) groups excluding carboxylic acids is 2. The fraction of sp³-hybridized carbons (Fsp3) is 0.0556. The molecule has 1 amide bonds. The number of rotatable bonds is 3. The molecule has 0 spiro atoms. The number of hydrogen-bond donors (Lipinski definition) is 1. The number of nitrogens with one attached hydrogen (secondary N) is 1. The molecular weight excluding hydrogens is 346 g/mol. The molecule has 132 valence electrons. The van der Waals surface area contributed by atoms with E-state index in [0.717, 1.165) is 19.1 Å². The van der Waals surface area contributed by atoms with E-state index in [2.05, 4.69) is 15.3 Å². The molecule has 0 radical (unpaired) electrons. The van der Waals surface area contributed by atoms with Crippen LogP contribution < -0.4 is 10.9 Å². The number of amides is 1. The Morgan fingerprint density at radius 3 is 2.62 bits per heavy atom. The molecule has 6 nitrogen and oxygen atoms in total. The number of nitrogens with zero attached hydrogens (tertiary/aromatic N) is 1. The molecule has 0 aliphatic rings. The van der Waals surface area contributed by atoms with Gasteiger partial charge in [-0.25, -0.2) is 13.6 Å². The monoisotopic (exact) mass is 358 g/mol. The van der Waals surface area contributed by atoms with E-state index in [9.17, 15) is 18.4 Å². The molecule has 0 saturated heterocycles. The largest absolute Gasteiger partial charge is 0.435 e. The second-order valence-corrected chi connectivity index (χ2v) is 5.26. The smallest absolute Gasteiger partial charge is 0.332 e. The molecule has 8 heteroatoms. The van der Waals surface area contributed by atoms with Crippen molar-refractivity contribution in [1.29, 1.82) is 0 Å². The molecule has 1 N–H and O–H groups in total. The molecular formula is C18H12F2N2O4. The van der Waals surface area contributed by atoms with Gasteiger partial charge in [0, 0.05) is 18.4 Å². The number of carbonyl (C=O) groups is 2. The van der Waals surface area contributed by atoms with Crippen LogP contribution in [0.1, 0.15) is 17.3 Å². The van der Waals surface area contributed by atoms with E-state index in [1.54, 1.807) is 24.3 Å². The molecule has 1 aromatic heterocycles. The summed E-state index contributed by atoms with van der Waals surface area (Å²) < 4.78 is 32.2. The molecule has 1 heterocycles. The van der Waals surface area contributed by atoms with E-state index in [4.69, 9.17) is 4.42 Å². The van der Waals surface area contributed by atoms with Crippen LogP contribution in [0.25, 0.3) is 11.0 Å². The molecule has 0 bridgehead atoms. The highest BCUT2D eigenvalue weighted by atomic mass is 19.1. The molecule has 0 saturated carbocycles. The maximum atomic E-state index is 13.8. The summed E-state index contributed by atoms with van der Waals surface area (Å²) >= 11 is 0. The lowest BCUT2D eigenvalue weighted by Crippen LogP contribution is -2.22. The molecule has 0 unspecified atom stereocenters. The van der Waals surface area contributed by atoms with Crippen molar-refractivity contribution in [2.75, 3.05) is 5.32 Å². The molecule has 0 aliphatic heterocycles. The van der Waals surface area contributed by atoms with Crippen LogP contribution in [0, 0.1) is 11.6 Å². The average Bonchev–Trinajstić information content (AvgIpc) is 2.61. The van der Waals surface area contributed by atoms with Crippen molar-refractivity contribution in [2.24, 2.45) is 5.16 Å². The Kier molecular flexibility index (Phi) is 4.74. The van der Waals surface area contributed by atoms with Gasteiger partial charge in [-0.15, -0.1) is 0 Å². The zero-order valence-corrected chi connectivity index (χ0v) is 13.5. The number of para-hydroxylation sites is 1. The second-order valence-electron chi connectivity index (χ2n) is 5.26. The van der Waals surface area contributed by atoms with Crippen molar-refractivity contribution in [3.63, 3.8) is 0 Å². The third kappa shape index (κ3) is 3.75. The zero-order chi connectivity index (χ0) is 18.7. The van der Waals surface area contributed by atoms with Gasteiger partial charge in [0.15, 0.2) is 0 Å². The molecule has 2 aromatic carbocycles. The summed E-state index contributed by atoms with van der Waals surface area (Å²) in [5, 5.41) is 6.41. The van der Waals surface area contributed by atoms with Gasteiger partial charge in [-0.3, -0.25) is 4.79 Å². The molecule has 0 fully saturated rings. The van der Waals surface area contributed by atoms with Crippen LogP contribution >= 0.6 is 0 Å². The second kappa shape index (κ2) is 7.14. The summed E-state index contributed by atoms with van der Waals surface area (Å²) in [6, 6.07) is 11.0. The van der Waals surface area contributed by atoms with Gasteiger partial charge in [-0.2, -0.15) is 0 Å². The average molecular weight is 358 g/mol. The minimum Gasteiger partial charge on any atom is -0.435 e. The quantitative estimate of drug-likeness (QED) is 0.575. The van der Waals surface area contributed by atoms with Gasteiger partial charge in [0.05, 0.1) is 5.69 Å². The van der Waals surface area contributed by atoms with E-state index in [0.29, 0.717) is 17.0 Å². The van der Waals surface area contributed by atoms with Crippen LogP contribution in [-0.4, -0.2) is 11.9 Å². The number of anilines is 1. The molecule has 3 aromatic rings. The first-order chi connectivity index (χ1) is 12.4. The summed E-state index contributed by atoms with van der Waals surface area (Å²) in [4.78, 5) is 28.1. The fourth-order valence-corrected chi connectivity index (χ4v) is 2.19. The van der Waals surface area contributed by atoms with E-state index >= 15 is 0 Å². The van der Waals surface area contributed by atoms with Gasteiger partial charge in [0.25, 0.3) is 11.5 Å². The van der Waals surface area contributed by atoms with Crippen LogP contribution in [0.4, 0.5) is 14.5 Å². The Morgan fingerprint density at radius 1 is 1.12 bits per heavy atom. The summed E-state index contributed by atoms with van der Waals surface area (Å²) in [6.07, 6.45) is 0. The number of hydrogen-bond acceptors (Lipinski definition) is 5. The first-order valence-electron chi connectivity index (χ1n) is 7.45. The van der Waals surface area contributed by atoms with Crippen LogP contribution in [0.3, 0.4) is 0 Å². The third-order valence-corrected chi connectivity index (χ3v) is 3.34. The van der Waals surface area contributed by atoms with Gasteiger partial charge in [-0.05, 0) is 29.4 Å². The molecule has 0 atom stereocenters. The summed E-state index contributed by atoms with van der Waals surface area (Å²) in [5.41, 5.74) is -0.168. The fourth-order valence-electron chi connectivity index (χ4n) is 2.19. The summed E-state index contributed by atoms with van der Waals surface area (Å²) in [6.45, 7) is 1.14. The van der Waals surface area contributed by atoms with Crippen molar-refractivity contribution >= 4 is 28.5 Å². The summed E-state index contributed by atoms with van der Waals surface area (Å²) in [5.74, 6) is -3.18. The Hall–Kier alpha value is -3.55. The maximum absolute atomic E-state index is 13.8. The van der Waals surface area contributed by atoms with E-state index in [-0.39, 0.29) is 16.8 Å². The van der Waals surface area contributed by atoms with Gasteiger partial charge in [0.1, 0.15) is 22.8 Å². The Labute approximate surface area is 145 Å². The predicted octanol–water partition coefficient (Wildman–Crippen LogP) is 3.34. The van der Waals surface area contributed by atoms with Crippen molar-refractivity contribution in [3.05, 3.63) is 71.3 Å². The van der Waals surface area contributed by atoms with Gasteiger partial charge in [-0.1, -0.05) is 18.2 Å². The molecule has 3 rings (SSSR count). The van der Waals surface area contributed by atoms with Gasteiger partial charge < -0.3 is 14.6 Å². The standard InChI is InChI=1S/C18H12F2N2O4/c1-10(23)26-22-18-13(8-11-4-2-3-5-16(11)25-18)17(24)21-15-7-6-12(19)9-14(15)20/h2-9H,1H3,(H,21,24). The summed E-state index contributed by atoms with van der Waals surface area (Å²) in [7, 11) is 0. The minimum absolute atomic E-state index is 0.0892. The lowest BCUT2D eigenvalue weighted by atomic mass is 10.1. The topological polar surface area (TPSA) is 80.9 Å². The first-order valence-corrected chi connectivity index (χ1v) is 7.45. The Bertz CT molecular complexity index is 1080. The van der Waals surface area contributed by atoms with Crippen molar-refractivity contribution in [3.8, 4) is 0 Å². The van der Waals surface area contributed by atoms with Gasteiger partial charge >= 0.3 is 5.97 Å². The van der Waals surface area contributed by atoms with Crippen LogP contribution in [-0.2, 0) is 9.63 Å². The van der Waals surface area contributed by atoms with Crippen LogP contribution in [0.2, 0.25) is 0 Å². The molecule has 26 heavy (non-hydrogen) atoms. The number of halogens is 2. The lowest BCUT2D eigenvalue weighted by Gasteiger charge is -2.07. The third-order valence-electron chi connectivity index (χ3n) is 3.34. The highest BCUT2D eigenvalue weighted by Gasteiger charge is 2.15. The molecule has 0 aliphatic carbocycles. The number of fused-ring (bicyclic) bond motifs is 1. The predicted molar refractivity (Wildman–Crippen MR) is 87.9 cm³/mol. The van der Waals surface area contributed by atoms with E-state index < -0.39 is 23.5 Å². The highest BCUT2D eigenvalue weighted by molar-refractivity contribution is 6.05. The lowest BCUT2D eigenvalue weighted by molar-refractivity contribution is -0.141. The minimum atomic E-state index is -0.936.